The second-order valence-corrected chi connectivity index (χ2v) is 9.21. The molecular formula is C23H19FN2O2S2. The Morgan fingerprint density at radius 2 is 1.97 bits per heavy atom. The smallest absolute Gasteiger partial charge is 0.230 e. The number of hydrogen-bond donors (Lipinski definition) is 1. The number of halogens is 1. The van der Waals surface area contributed by atoms with E-state index in [4.69, 9.17) is 0 Å². The minimum Gasteiger partial charge on any atom is -0.302 e. The number of benzene rings is 2. The molecule has 2 aromatic carbocycles. The van der Waals surface area contributed by atoms with Crippen LogP contribution in [0.4, 0.5) is 9.52 Å². The highest BCUT2D eigenvalue weighted by atomic mass is 32.2. The number of hydrogen-bond acceptors (Lipinski definition) is 4. The number of amides is 1. The zero-order chi connectivity index (χ0) is 21.3. The molecule has 0 unspecified atom stereocenters. The topological polar surface area (TPSA) is 59.1 Å². The van der Waals surface area contributed by atoms with Gasteiger partial charge in [-0.1, -0.05) is 18.2 Å². The number of allylic oxidation sites excluding steroid dienone is 2. The summed E-state index contributed by atoms with van der Waals surface area (Å²) in [4.78, 5) is 17.4. The van der Waals surface area contributed by atoms with E-state index >= 15 is 0 Å². The van der Waals surface area contributed by atoms with E-state index in [2.05, 4.69) is 10.3 Å². The Morgan fingerprint density at radius 3 is 2.63 bits per heavy atom. The Morgan fingerprint density at radius 1 is 1.20 bits per heavy atom. The predicted molar refractivity (Wildman–Crippen MR) is 121 cm³/mol. The van der Waals surface area contributed by atoms with Gasteiger partial charge in [-0.15, -0.1) is 11.3 Å². The van der Waals surface area contributed by atoms with Crippen LogP contribution >= 0.6 is 11.3 Å². The number of thiazole rings is 1. The van der Waals surface area contributed by atoms with Crippen LogP contribution in [0.1, 0.15) is 30.0 Å². The minimum atomic E-state index is -1.03. The maximum Gasteiger partial charge on any atom is 0.230 e. The fourth-order valence-corrected chi connectivity index (χ4v) is 4.58. The number of fused-ring (bicyclic) bond motifs is 1. The summed E-state index contributed by atoms with van der Waals surface area (Å²) in [5.74, 6) is -0.527. The molecule has 0 saturated carbocycles. The molecule has 1 aliphatic carbocycles. The molecule has 30 heavy (non-hydrogen) atoms. The van der Waals surface area contributed by atoms with Gasteiger partial charge in [0.15, 0.2) is 5.13 Å². The SMILES string of the molecule is CC1=C(CC(=O)Nc2nccs2)c2cc(F)ccc2/C1=C/c1ccc([S@](C)=O)cc1. The maximum absolute atomic E-state index is 14.0. The molecule has 0 aliphatic heterocycles. The highest BCUT2D eigenvalue weighted by molar-refractivity contribution is 7.84. The average Bonchev–Trinajstić information content (AvgIpc) is 3.31. The predicted octanol–water partition coefficient (Wildman–Crippen LogP) is 5.38. The standard InChI is InChI=1S/C23H19FN2O2S2/c1-14-19(11-15-3-6-17(7-4-15)30(2)28)18-8-5-16(24)12-21(18)20(14)13-22(27)26-23-25-9-10-29-23/h3-12H,13H2,1-2H3,(H,25,26,27)/b19-11+/t30-/m0/s1. The van der Waals surface area contributed by atoms with Gasteiger partial charge in [-0.2, -0.15) is 0 Å². The third kappa shape index (κ3) is 4.17. The molecule has 1 aromatic heterocycles. The zero-order valence-corrected chi connectivity index (χ0v) is 18.1. The molecule has 4 rings (SSSR count). The van der Waals surface area contributed by atoms with Crippen LogP contribution in [0.15, 0.2) is 64.5 Å². The monoisotopic (exact) mass is 438 g/mol. The lowest BCUT2D eigenvalue weighted by Gasteiger charge is -2.06. The molecule has 152 valence electrons. The van der Waals surface area contributed by atoms with E-state index in [1.807, 2.05) is 37.3 Å². The van der Waals surface area contributed by atoms with E-state index in [0.717, 1.165) is 38.3 Å². The number of carbonyl (C=O) groups is 1. The number of aromatic nitrogens is 1. The lowest BCUT2D eigenvalue weighted by molar-refractivity contribution is -0.115. The Kier molecular flexibility index (Phi) is 5.74. The van der Waals surface area contributed by atoms with Gasteiger partial charge in [0.2, 0.25) is 5.91 Å². The van der Waals surface area contributed by atoms with Gasteiger partial charge in [0.25, 0.3) is 0 Å². The van der Waals surface area contributed by atoms with Crippen LogP contribution in [0.3, 0.4) is 0 Å². The number of nitrogens with zero attached hydrogens (tertiary/aromatic N) is 1. The first-order chi connectivity index (χ1) is 14.4. The molecule has 1 N–H and O–H groups in total. The highest BCUT2D eigenvalue weighted by Gasteiger charge is 2.26. The fraction of sp³-hybridized carbons (Fsp3) is 0.130. The van der Waals surface area contributed by atoms with Crippen molar-refractivity contribution in [3.63, 3.8) is 0 Å². The third-order valence-corrected chi connectivity index (χ3v) is 6.62. The van der Waals surface area contributed by atoms with Crippen molar-refractivity contribution in [1.82, 2.24) is 4.98 Å². The average molecular weight is 439 g/mol. The van der Waals surface area contributed by atoms with Crippen molar-refractivity contribution in [1.29, 1.82) is 0 Å². The molecule has 0 fully saturated rings. The summed E-state index contributed by atoms with van der Waals surface area (Å²) in [5.41, 5.74) is 5.27. The number of carbonyl (C=O) groups excluding carboxylic acids is 1. The van der Waals surface area contributed by atoms with Crippen LogP contribution < -0.4 is 5.32 Å². The fourth-order valence-electron chi connectivity index (χ4n) is 3.51. The van der Waals surface area contributed by atoms with Crippen LogP contribution in [0.5, 0.6) is 0 Å². The van der Waals surface area contributed by atoms with Gasteiger partial charge in [0.1, 0.15) is 5.82 Å². The van der Waals surface area contributed by atoms with Crippen molar-refractivity contribution in [2.24, 2.45) is 0 Å². The van der Waals surface area contributed by atoms with Crippen molar-refractivity contribution >= 4 is 50.4 Å². The quantitative estimate of drug-likeness (QED) is 0.582. The van der Waals surface area contributed by atoms with E-state index < -0.39 is 10.8 Å². The molecule has 0 spiro atoms. The number of rotatable bonds is 5. The van der Waals surface area contributed by atoms with Gasteiger partial charge in [0, 0.05) is 33.5 Å². The van der Waals surface area contributed by atoms with Crippen molar-refractivity contribution in [3.05, 3.63) is 82.1 Å². The first-order valence-corrected chi connectivity index (χ1v) is 11.7. The number of anilines is 1. The number of nitrogens with one attached hydrogen (secondary N) is 1. The van der Waals surface area contributed by atoms with Crippen LogP contribution in [-0.4, -0.2) is 21.4 Å². The van der Waals surface area contributed by atoms with Crippen LogP contribution in [-0.2, 0) is 15.6 Å². The second-order valence-electron chi connectivity index (χ2n) is 6.94. The summed E-state index contributed by atoms with van der Waals surface area (Å²) >= 11 is 1.35. The highest BCUT2D eigenvalue weighted by Crippen LogP contribution is 2.44. The van der Waals surface area contributed by atoms with E-state index in [1.54, 1.807) is 23.9 Å². The first-order valence-electron chi connectivity index (χ1n) is 9.27. The van der Waals surface area contributed by atoms with Gasteiger partial charge in [-0.25, -0.2) is 9.37 Å². The van der Waals surface area contributed by atoms with E-state index in [0.29, 0.717) is 5.13 Å². The van der Waals surface area contributed by atoms with E-state index in [9.17, 15) is 13.4 Å². The lowest BCUT2D eigenvalue weighted by Crippen LogP contribution is -2.11. The Hall–Kier alpha value is -2.90. The van der Waals surface area contributed by atoms with Crippen molar-refractivity contribution in [2.45, 2.75) is 18.2 Å². The summed E-state index contributed by atoms with van der Waals surface area (Å²) in [6.45, 7) is 1.95. The van der Waals surface area contributed by atoms with Gasteiger partial charge in [0.05, 0.1) is 6.42 Å². The molecule has 3 aromatic rings. The lowest BCUT2D eigenvalue weighted by atomic mass is 10.0. The summed E-state index contributed by atoms with van der Waals surface area (Å²) in [6.07, 6.45) is 5.42. The van der Waals surface area contributed by atoms with E-state index in [-0.39, 0.29) is 18.1 Å². The molecule has 0 radical (unpaired) electrons. The third-order valence-electron chi connectivity index (χ3n) is 4.99. The van der Waals surface area contributed by atoms with Gasteiger partial charge in [-0.05, 0) is 70.7 Å². The molecule has 4 nitrogen and oxygen atoms in total. The van der Waals surface area contributed by atoms with Crippen molar-refractivity contribution < 1.29 is 13.4 Å². The van der Waals surface area contributed by atoms with Crippen LogP contribution in [0, 0.1) is 5.82 Å². The molecule has 0 saturated heterocycles. The van der Waals surface area contributed by atoms with Gasteiger partial charge in [-0.3, -0.25) is 9.00 Å². The normalized spacial score (nSPS) is 15.4. The van der Waals surface area contributed by atoms with E-state index in [1.165, 1.54) is 23.5 Å². The van der Waals surface area contributed by atoms with Crippen molar-refractivity contribution in [2.75, 3.05) is 11.6 Å². The molecule has 7 heteroatoms. The zero-order valence-electron chi connectivity index (χ0n) is 16.4. The molecule has 0 bridgehead atoms. The Balaban J connectivity index is 1.70. The summed E-state index contributed by atoms with van der Waals surface area (Å²) in [5, 5.41) is 5.12. The molecular weight excluding hydrogens is 419 g/mol. The molecule has 1 aliphatic rings. The van der Waals surface area contributed by atoms with Crippen LogP contribution in [0.25, 0.3) is 17.2 Å². The summed E-state index contributed by atoms with van der Waals surface area (Å²) < 4.78 is 25.6. The largest absolute Gasteiger partial charge is 0.302 e. The van der Waals surface area contributed by atoms with Gasteiger partial charge >= 0.3 is 0 Å². The van der Waals surface area contributed by atoms with Crippen LogP contribution in [0.2, 0.25) is 0 Å². The second kappa shape index (κ2) is 8.45. The molecule has 1 heterocycles. The summed E-state index contributed by atoms with van der Waals surface area (Å²) in [7, 11) is -1.03. The molecule has 1 atom stereocenters. The first kappa shape index (κ1) is 20.4. The summed E-state index contributed by atoms with van der Waals surface area (Å²) in [6, 6.07) is 12.2. The maximum atomic E-state index is 14.0. The van der Waals surface area contributed by atoms with Crippen molar-refractivity contribution in [3.8, 4) is 0 Å². The minimum absolute atomic E-state index is 0.132. The Bertz CT molecular complexity index is 1200. The molecule has 1 amide bonds. The van der Waals surface area contributed by atoms with Gasteiger partial charge < -0.3 is 5.32 Å². The Labute approximate surface area is 180 Å².